The van der Waals surface area contributed by atoms with Crippen molar-refractivity contribution in [2.24, 2.45) is 7.05 Å². The first kappa shape index (κ1) is 23.2. The Labute approximate surface area is 221 Å². The maximum atomic E-state index is 5.14. The zero-order valence-electron chi connectivity index (χ0n) is 21.5. The van der Waals surface area contributed by atoms with Gasteiger partial charge in [0, 0.05) is 48.7 Å². The molecule has 38 heavy (non-hydrogen) atoms. The van der Waals surface area contributed by atoms with Crippen LogP contribution in [0.1, 0.15) is 42.9 Å². The number of nitrogens with one attached hydrogen (secondary N) is 3. The summed E-state index contributed by atoms with van der Waals surface area (Å²) < 4.78 is 2.01. The van der Waals surface area contributed by atoms with E-state index in [1.54, 1.807) is 6.20 Å². The van der Waals surface area contributed by atoms with Crippen molar-refractivity contribution in [3.8, 4) is 11.4 Å². The summed E-state index contributed by atoms with van der Waals surface area (Å²) in [7, 11) is 2.00. The number of benzene rings is 1. The lowest BCUT2D eigenvalue weighted by molar-refractivity contribution is 0.385. The van der Waals surface area contributed by atoms with Gasteiger partial charge in [0.2, 0.25) is 0 Å². The van der Waals surface area contributed by atoms with Crippen molar-refractivity contribution >= 4 is 33.4 Å². The van der Waals surface area contributed by atoms with Crippen molar-refractivity contribution in [1.82, 2.24) is 40.1 Å². The zero-order valence-corrected chi connectivity index (χ0v) is 21.5. The summed E-state index contributed by atoms with van der Waals surface area (Å²) in [6, 6.07) is 10.6. The van der Waals surface area contributed by atoms with Gasteiger partial charge in [-0.3, -0.25) is 4.98 Å². The Kier molecular flexibility index (Phi) is 5.94. The molecular formula is C29H31N9. The second-order valence-electron chi connectivity index (χ2n) is 10.4. The molecule has 9 nitrogen and oxygen atoms in total. The molecule has 1 aliphatic carbocycles. The maximum Gasteiger partial charge on any atom is 0.160 e. The summed E-state index contributed by atoms with van der Waals surface area (Å²) >= 11 is 0. The van der Waals surface area contributed by atoms with Crippen LogP contribution in [0.4, 0.5) is 11.5 Å². The Hall–Kier alpha value is -3.95. The van der Waals surface area contributed by atoms with E-state index in [0.717, 1.165) is 71.8 Å². The molecule has 4 aromatic heterocycles. The normalized spacial score (nSPS) is 16.3. The summed E-state index contributed by atoms with van der Waals surface area (Å²) in [5, 5.41) is 11.8. The summed E-state index contributed by atoms with van der Waals surface area (Å²) in [6.45, 7) is 2.84. The smallest absolute Gasteiger partial charge is 0.160 e. The van der Waals surface area contributed by atoms with Crippen LogP contribution < -0.4 is 16.0 Å². The van der Waals surface area contributed by atoms with E-state index in [0.29, 0.717) is 17.8 Å². The Morgan fingerprint density at radius 2 is 1.87 bits per heavy atom. The fourth-order valence-corrected chi connectivity index (χ4v) is 5.40. The Bertz CT molecular complexity index is 1620. The van der Waals surface area contributed by atoms with Gasteiger partial charge in [-0.05, 0) is 80.6 Å². The molecule has 0 atom stereocenters. The summed E-state index contributed by atoms with van der Waals surface area (Å²) in [5.74, 6) is 2.01. The minimum atomic E-state index is 0.504. The minimum absolute atomic E-state index is 0.504. The van der Waals surface area contributed by atoms with Crippen molar-refractivity contribution in [1.29, 1.82) is 0 Å². The molecule has 1 aromatic carbocycles. The molecule has 5 aromatic rings. The van der Waals surface area contributed by atoms with Gasteiger partial charge in [0.15, 0.2) is 5.82 Å². The standard InChI is InChI=1S/C29H31N9/c1-38-17-34-23-5-4-21(13-26(23)38)35-27-12-19(6-11-32-27)29-36-24-15-31-14-22(18-2-3-18)28(24)25(37-29)16-33-20-7-9-30-10-8-20/h4-6,11-15,17-18,20,30,33H,2-3,7-10,16H2,1H3,(H,32,35). The predicted molar refractivity (Wildman–Crippen MR) is 149 cm³/mol. The van der Waals surface area contributed by atoms with Gasteiger partial charge in [0.05, 0.1) is 34.8 Å². The number of nitrogens with zero attached hydrogens (tertiary/aromatic N) is 6. The Morgan fingerprint density at radius 3 is 2.74 bits per heavy atom. The second-order valence-corrected chi connectivity index (χ2v) is 10.4. The number of aromatic nitrogens is 6. The van der Waals surface area contributed by atoms with Gasteiger partial charge < -0.3 is 20.5 Å². The number of piperidine rings is 1. The van der Waals surface area contributed by atoms with Crippen LogP contribution in [0.3, 0.4) is 0 Å². The van der Waals surface area contributed by atoms with E-state index in [1.165, 1.54) is 23.8 Å². The number of imidazole rings is 1. The highest BCUT2D eigenvalue weighted by molar-refractivity contribution is 5.86. The van der Waals surface area contributed by atoms with E-state index in [1.807, 2.05) is 54.6 Å². The molecule has 3 N–H and O–H groups in total. The fourth-order valence-electron chi connectivity index (χ4n) is 5.40. The van der Waals surface area contributed by atoms with Crippen molar-refractivity contribution in [3.05, 3.63) is 66.5 Å². The highest BCUT2D eigenvalue weighted by Gasteiger charge is 2.28. The lowest BCUT2D eigenvalue weighted by Gasteiger charge is -2.24. The number of pyridine rings is 2. The third-order valence-electron chi connectivity index (χ3n) is 7.64. The maximum absolute atomic E-state index is 5.14. The molecule has 0 radical (unpaired) electrons. The van der Waals surface area contributed by atoms with Gasteiger partial charge in [0.1, 0.15) is 5.82 Å². The number of hydrogen-bond donors (Lipinski definition) is 3. The van der Waals surface area contributed by atoms with Crippen LogP contribution in [-0.4, -0.2) is 48.6 Å². The molecule has 0 spiro atoms. The fraction of sp³-hybridized carbons (Fsp3) is 0.345. The van der Waals surface area contributed by atoms with Crippen LogP contribution in [0.15, 0.2) is 55.2 Å². The molecule has 192 valence electrons. The van der Waals surface area contributed by atoms with E-state index in [-0.39, 0.29) is 0 Å². The van der Waals surface area contributed by atoms with Gasteiger partial charge in [-0.25, -0.2) is 19.9 Å². The van der Waals surface area contributed by atoms with Crippen molar-refractivity contribution < 1.29 is 0 Å². The topological polar surface area (TPSA) is 105 Å². The van der Waals surface area contributed by atoms with Gasteiger partial charge in [-0.2, -0.15) is 0 Å². The largest absolute Gasteiger partial charge is 0.340 e. The lowest BCUT2D eigenvalue weighted by atomic mass is 10.0. The molecular weight excluding hydrogens is 474 g/mol. The van der Waals surface area contributed by atoms with Crippen LogP contribution in [0.25, 0.3) is 33.3 Å². The molecule has 0 unspecified atom stereocenters. The van der Waals surface area contributed by atoms with Crippen LogP contribution in [-0.2, 0) is 13.6 Å². The van der Waals surface area contributed by atoms with Gasteiger partial charge in [-0.1, -0.05) is 0 Å². The predicted octanol–water partition coefficient (Wildman–Crippen LogP) is 4.44. The molecule has 1 saturated heterocycles. The van der Waals surface area contributed by atoms with E-state index < -0.39 is 0 Å². The van der Waals surface area contributed by atoms with E-state index in [2.05, 4.69) is 37.0 Å². The zero-order chi connectivity index (χ0) is 25.5. The van der Waals surface area contributed by atoms with Gasteiger partial charge >= 0.3 is 0 Å². The molecule has 1 aliphatic heterocycles. The molecule has 0 amide bonds. The summed E-state index contributed by atoms with van der Waals surface area (Å²) in [5.41, 5.74) is 7.17. The van der Waals surface area contributed by atoms with Crippen molar-refractivity contribution in [2.75, 3.05) is 18.4 Å². The average molecular weight is 506 g/mol. The molecule has 2 fully saturated rings. The highest BCUT2D eigenvalue weighted by atomic mass is 15.0. The number of rotatable bonds is 7. The van der Waals surface area contributed by atoms with Crippen molar-refractivity contribution in [3.63, 3.8) is 0 Å². The average Bonchev–Trinajstić information content (AvgIpc) is 3.75. The molecule has 9 heteroatoms. The van der Waals surface area contributed by atoms with Crippen LogP contribution in [0.5, 0.6) is 0 Å². The van der Waals surface area contributed by atoms with Crippen LogP contribution in [0.2, 0.25) is 0 Å². The Morgan fingerprint density at radius 1 is 0.974 bits per heavy atom. The quantitative estimate of drug-likeness (QED) is 0.298. The van der Waals surface area contributed by atoms with Crippen LogP contribution >= 0.6 is 0 Å². The monoisotopic (exact) mass is 505 g/mol. The Balaban J connectivity index is 1.23. The van der Waals surface area contributed by atoms with Gasteiger partial charge in [0.25, 0.3) is 0 Å². The highest BCUT2D eigenvalue weighted by Crippen LogP contribution is 2.43. The summed E-state index contributed by atoms with van der Waals surface area (Å²) in [4.78, 5) is 23.6. The van der Waals surface area contributed by atoms with Crippen molar-refractivity contribution in [2.45, 2.75) is 44.2 Å². The third-order valence-corrected chi connectivity index (χ3v) is 7.64. The number of anilines is 2. The van der Waals surface area contributed by atoms with E-state index >= 15 is 0 Å². The lowest BCUT2D eigenvalue weighted by Crippen LogP contribution is -2.39. The third kappa shape index (κ3) is 4.59. The summed E-state index contributed by atoms with van der Waals surface area (Å²) in [6.07, 6.45) is 12.2. The minimum Gasteiger partial charge on any atom is -0.340 e. The van der Waals surface area contributed by atoms with Crippen LogP contribution in [0, 0.1) is 0 Å². The molecule has 2 aliphatic rings. The number of aryl methyl sites for hydroxylation is 1. The first-order valence-corrected chi connectivity index (χ1v) is 13.4. The van der Waals surface area contributed by atoms with Gasteiger partial charge in [-0.15, -0.1) is 0 Å². The molecule has 5 heterocycles. The number of hydrogen-bond acceptors (Lipinski definition) is 8. The van der Waals surface area contributed by atoms with E-state index in [9.17, 15) is 0 Å². The first-order valence-electron chi connectivity index (χ1n) is 13.4. The molecule has 7 rings (SSSR count). The molecule has 1 saturated carbocycles. The molecule has 0 bridgehead atoms. The van der Waals surface area contributed by atoms with E-state index in [4.69, 9.17) is 9.97 Å². The first-order chi connectivity index (χ1) is 18.7. The second kappa shape index (κ2) is 9.74. The SMILES string of the molecule is Cn1cnc2ccc(Nc3cc(-c4nc(CNC5CCNCC5)c5c(C6CC6)cncc5n4)ccn3)cc21. The number of fused-ring (bicyclic) bond motifs is 2.